The molecule has 0 unspecified atom stereocenters. The molecule has 0 radical (unpaired) electrons. The van der Waals surface area contributed by atoms with Gasteiger partial charge < -0.3 is 25.2 Å². The fourth-order valence-corrected chi connectivity index (χ4v) is 4.53. The SMILES string of the molecule is O=C(NCc1ccc(CNc2cc(-c3ccccc3O)nc3c(Br)cnn23)cc1)c1ccc2c(c1)OCO2. The Balaban J connectivity index is 1.13. The number of ether oxygens (including phenoxy) is 2. The number of carbonyl (C=O) groups is 1. The van der Waals surface area contributed by atoms with Crippen LogP contribution in [0, 0.1) is 0 Å². The normalized spacial score (nSPS) is 12.0. The number of anilines is 1. The van der Waals surface area contributed by atoms with E-state index in [1.54, 1.807) is 41.0 Å². The predicted octanol–water partition coefficient (Wildman–Crippen LogP) is 5.14. The summed E-state index contributed by atoms with van der Waals surface area (Å²) in [5.41, 5.74) is 4.46. The Bertz CT molecular complexity index is 1650. The molecule has 3 N–H and O–H groups in total. The average molecular weight is 572 g/mol. The van der Waals surface area contributed by atoms with E-state index in [4.69, 9.17) is 9.47 Å². The van der Waals surface area contributed by atoms with Crippen LogP contribution in [-0.4, -0.2) is 32.4 Å². The molecular weight excluding hydrogens is 550 g/mol. The molecule has 0 saturated carbocycles. The summed E-state index contributed by atoms with van der Waals surface area (Å²) in [5.74, 6) is 1.94. The first-order valence-electron chi connectivity index (χ1n) is 11.9. The van der Waals surface area contributed by atoms with E-state index in [-0.39, 0.29) is 18.4 Å². The van der Waals surface area contributed by atoms with Crippen molar-refractivity contribution >= 4 is 33.3 Å². The van der Waals surface area contributed by atoms with E-state index in [0.29, 0.717) is 47.1 Å². The summed E-state index contributed by atoms with van der Waals surface area (Å²) >= 11 is 3.51. The Hall–Kier alpha value is -4.57. The molecule has 190 valence electrons. The largest absolute Gasteiger partial charge is 0.507 e. The van der Waals surface area contributed by atoms with E-state index in [1.165, 1.54) is 0 Å². The van der Waals surface area contributed by atoms with E-state index in [0.717, 1.165) is 21.4 Å². The van der Waals surface area contributed by atoms with E-state index >= 15 is 0 Å². The van der Waals surface area contributed by atoms with Gasteiger partial charge in [0.1, 0.15) is 11.6 Å². The van der Waals surface area contributed by atoms with Crippen LogP contribution in [0.1, 0.15) is 21.5 Å². The monoisotopic (exact) mass is 571 g/mol. The Morgan fingerprint density at radius 3 is 2.55 bits per heavy atom. The molecule has 10 heteroatoms. The number of para-hydroxylation sites is 1. The third-order valence-corrected chi connectivity index (χ3v) is 6.75. The molecule has 3 aromatic carbocycles. The van der Waals surface area contributed by atoms with Gasteiger partial charge in [-0.1, -0.05) is 36.4 Å². The van der Waals surface area contributed by atoms with Crippen molar-refractivity contribution in [2.24, 2.45) is 0 Å². The number of fused-ring (bicyclic) bond motifs is 2. The minimum Gasteiger partial charge on any atom is -0.507 e. The van der Waals surface area contributed by atoms with Gasteiger partial charge in [-0.15, -0.1) is 0 Å². The fraction of sp³-hybridized carbons (Fsp3) is 0.107. The molecule has 2 aromatic heterocycles. The van der Waals surface area contributed by atoms with Crippen molar-refractivity contribution in [3.05, 3.63) is 100 Å². The number of phenols is 1. The van der Waals surface area contributed by atoms with Crippen molar-refractivity contribution in [3.8, 4) is 28.5 Å². The molecule has 0 bridgehead atoms. The van der Waals surface area contributed by atoms with Gasteiger partial charge in [-0.25, -0.2) is 4.98 Å². The first-order chi connectivity index (χ1) is 18.5. The van der Waals surface area contributed by atoms with Crippen molar-refractivity contribution in [1.82, 2.24) is 19.9 Å². The highest BCUT2D eigenvalue weighted by molar-refractivity contribution is 9.10. The second-order valence-electron chi connectivity index (χ2n) is 8.69. The van der Waals surface area contributed by atoms with Crippen LogP contribution in [0.3, 0.4) is 0 Å². The zero-order valence-electron chi connectivity index (χ0n) is 20.0. The van der Waals surface area contributed by atoms with Crippen molar-refractivity contribution in [2.45, 2.75) is 13.1 Å². The Kier molecular flexibility index (Phi) is 6.30. The third kappa shape index (κ3) is 4.73. The summed E-state index contributed by atoms with van der Waals surface area (Å²) in [5, 5.41) is 21.1. The molecule has 9 nitrogen and oxygen atoms in total. The van der Waals surface area contributed by atoms with E-state index < -0.39 is 0 Å². The van der Waals surface area contributed by atoms with Crippen LogP contribution < -0.4 is 20.1 Å². The van der Waals surface area contributed by atoms with E-state index in [1.807, 2.05) is 42.5 Å². The van der Waals surface area contributed by atoms with Gasteiger partial charge in [-0.3, -0.25) is 4.79 Å². The molecule has 0 atom stereocenters. The molecule has 1 aliphatic rings. The fourth-order valence-electron chi connectivity index (χ4n) is 4.18. The lowest BCUT2D eigenvalue weighted by molar-refractivity contribution is 0.0950. The second-order valence-corrected chi connectivity index (χ2v) is 9.55. The molecule has 6 rings (SSSR count). The highest BCUT2D eigenvalue weighted by Gasteiger charge is 2.16. The van der Waals surface area contributed by atoms with Crippen molar-refractivity contribution in [3.63, 3.8) is 0 Å². The lowest BCUT2D eigenvalue weighted by Gasteiger charge is -2.12. The molecule has 0 aliphatic carbocycles. The molecule has 1 aliphatic heterocycles. The first kappa shape index (κ1) is 23.8. The predicted molar refractivity (Wildman–Crippen MR) is 145 cm³/mol. The van der Waals surface area contributed by atoms with Crippen molar-refractivity contribution < 1.29 is 19.4 Å². The molecular formula is C28H22BrN5O4. The maximum absolute atomic E-state index is 12.6. The van der Waals surface area contributed by atoms with Gasteiger partial charge in [0.2, 0.25) is 6.79 Å². The molecule has 0 spiro atoms. The topological polar surface area (TPSA) is 110 Å². The van der Waals surface area contributed by atoms with Crippen LogP contribution >= 0.6 is 15.9 Å². The molecule has 3 heterocycles. The zero-order valence-corrected chi connectivity index (χ0v) is 21.6. The quantitative estimate of drug-likeness (QED) is 0.248. The number of hydrogen-bond donors (Lipinski definition) is 3. The van der Waals surface area contributed by atoms with Crippen molar-refractivity contribution in [1.29, 1.82) is 0 Å². The summed E-state index contributed by atoms with van der Waals surface area (Å²) in [6.07, 6.45) is 1.69. The van der Waals surface area contributed by atoms with Crippen LogP contribution in [0.4, 0.5) is 5.82 Å². The summed E-state index contributed by atoms with van der Waals surface area (Å²) in [4.78, 5) is 17.2. The van der Waals surface area contributed by atoms with Gasteiger partial charge in [0.15, 0.2) is 17.1 Å². The number of aromatic hydroxyl groups is 1. The van der Waals surface area contributed by atoms with Crippen LogP contribution in [-0.2, 0) is 13.1 Å². The van der Waals surface area contributed by atoms with Crippen LogP contribution in [0.15, 0.2) is 83.5 Å². The number of benzene rings is 3. The Morgan fingerprint density at radius 2 is 1.74 bits per heavy atom. The smallest absolute Gasteiger partial charge is 0.251 e. The number of nitrogens with one attached hydrogen (secondary N) is 2. The number of hydrogen-bond acceptors (Lipinski definition) is 7. The summed E-state index contributed by atoms with van der Waals surface area (Å²) in [7, 11) is 0. The highest BCUT2D eigenvalue weighted by atomic mass is 79.9. The van der Waals surface area contributed by atoms with Crippen LogP contribution in [0.5, 0.6) is 17.2 Å². The minimum absolute atomic E-state index is 0.159. The number of nitrogens with zero attached hydrogens (tertiary/aromatic N) is 3. The number of phenolic OH excluding ortho intramolecular Hbond substituents is 1. The summed E-state index contributed by atoms with van der Waals surface area (Å²) in [6.45, 7) is 1.11. The number of rotatable bonds is 7. The van der Waals surface area contributed by atoms with Gasteiger partial charge in [0, 0.05) is 30.3 Å². The van der Waals surface area contributed by atoms with Gasteiger partial charge in [0.25, 0.3) is 5.91 Å². The maximum Gasteiger partial charge on any atom is 0.251 e. The van der Waals surface area contributed by atoms with E-state index in [9.17, 15) is 9.90 Å². The highest BCUT2D eigenvalue weighted by Crippen LogP contribution is 2.33. The van der Waals surface area contributed by atoms with Gasteiger partial charge in [-0.2, -0.15) is 9.61 Å². The van der Waals surface area contributed by atoms with Crippen LogP contribution in [0.2, 0.25) is 0 Å². The zero-order chi connectivity index (χ0) is 26.1. The molecule has 5 aromatic rings. The van der Waals surface area contributed by atoms with Gasteiger partial charge in [0.05, 0.1) is 16.4 Å². The second kappa shape index (κ2) is 10.1. The maximum atomic E-state index is 12.6. The average Bonchev–Trinajstić information content (AvgIpc) is 3.57. The summed E-state index contributed by atoms with van der Waals surface area (Å²) in [6, 6.07) is 22.1. The Labute approximate surface area is 226 Å². The number of aromatic nitrogens is 3. The van der Waals surface area contributed by atoms with E-state index in [2.05, 4.69) is 36.6 Å². The lowest BCUT2D eigenvalue weighted by atomic mass is 10.1. The van der Waals surface area contributed by atoms with Crippen LogP contribution in [0.25, 0.3) is 16.9 Å². The molecule has 0 fully saturated rings. The minimum atomic E-state index is -0.179. The van der Waals surface area contributed by atoms with Gasteiger partial charge >= 0.3 is 0 Å². The third-order valence-electron chi connectivity index (χ3n) is 6.19. The van der Waals surface area contributed by atoms with Gasteiger partial charge in [-0.05, 0) is 57.4 Å². The lowest BCUT2D eigenvalue weighted by Crippen LogP contribution is -2.22. The number of amides is 1. The number of carbonyl (C=O) groups excluding carboxylic acids is 1. The number of halogens is 1. The summed E-state index contributed by atoms with van der Waals surface area (Å²) < 4.78 is 13.1. The first-order valence-corrected chi connectivity index (χ1v) is 12.7. The molecule has 1 amide bonds. The van der Waals surface area contributed by atoms with Crippen molar-refractivity contribution in [2.75, 3.05) is 12.1 Å². The molecule has 38 heavy (non-hydrogen) atoms. The standard InChI is InChI=1S/C28H22BrN5O4/c29-21-15-32-34-26(12-22(33-27(21)34)20-3-1-2-4-23(20)35)30-13-17-5-7-18(8-6-17)14-31-28(36)19-9-10-24-25(11-19)38-16-37-24/h1-12,15,30,35H,13-14,16H2,(H,31,36). The molecule has 0 saturated heterocycles. The Morgan fingerprint density at radius 1 is 0.974 bits per heavy atom.